The van der Waals surface area contributed by atoms with Crippen molar-refractivity contribution in [3.63, 3.8) is 0 Å². The van der Waals surface area contributed by atoms with Crippen LogP contribution in [0.25, 0.3) is 11.1 Å². The molecule has 3 nitrogen and oxygen atoms in total. The summed E-state index contributed by atoms with van der Waals surface area (Å²) < 4.78 is 6.08. The molecule has 1 fully saturated rings. The Kier molecular flexibility index (Phi) is 5.70. The van der Waals surface area contributed by atoms with Crippen LogP contribution >= 0.6 is 11.8 Å². The Morgan fingerprint density at radius 1 is 1.08 bits per heavy atom. The molecule has 0 N–H and O–H groups in total. The number of ether oxygens (including phenoxy) is 1. The minimum Gasteiger partial charge on any atom is -0.488 e. The molecule has 1 aliphatic rings. The second kappa shape index (κ2) is 7.79. The van der Waals surface area contributed by atoms with Crippen LogP contribution < -0.4 is 4.74 Å². The molecule has 1 aromatic heterocycles. The molecule has 0 spiro atoms. The van der Waals surface area contributed by atoms with Gasteiger partial charge in [0.1, 0.15) is 11.9 Å². The van der Waals surface area contributed by atoms with Crippen LogP contribution in [-0.2, 0) is 0 Å². The molecule has 0 aliphatic carbocycles. The average molecular weight is 357 g/mol. The summed E-state index contributed by atoms with van der Waals surface area (Å²) in [5.41, 5.74) is 2.72. The summed E-state index contributed by atoms with van der Waals surface area (Å²) in [6, 6.07) is 12.5. The number of pyridine rings is 1. The molecule has 0 saturated carbocycles. The minimum atomic E-state index is 0.327. The first-order valence-corrected chi connectivity index (χ1v) is 10.1. The molecule has 0 radical (unpaired) electrons. The molecule has 3 rings (SSSR count). The van der Waals surface area contributed by atoms with Gasteiger partial charge in [0.2, 0.25) is 0 Å². The van der Waals surface area contributed by atoms with Gasteiger partial charge in [-0.15, -0.1) is 11.8 Å². The summed E-state index contributed by atoms with van der Waals surface area (Å²) in [4.78, 5) is 6.91. The first-order chi connectivity index (χ1) is 11.9. The lowest BCUT2D eigenvalue weighted by molar-refractivity contribution is 0.0140. The molecule has 0 atom stereocenters. The summed E-state index contributed by atoms with van der Waals surface area (Å²) in [7, 11) is 0. The van der Waals surface area contributed by atoms with E-state index < -0.39 is 0 Å². The average Bonchev–Trinajstić information content (AvgIpc) is 2.56. The molecular weight excluding hydrogens is 328 g/mol. The van der Waals surface area contributed by atoms with E-state index in [-0.39, 0.29) is 0 Å². The number of hydrogen-bond acceptors (Lipinski definition) is 4. The van der Waals surface area contributed by atoms with Crippen LogP contribution in [0.2, 0.25) is 0 Å². The third-order valence-electron chi connectivity index (χ3n) is 4.54. The summed E-state index contributed by atoms with van der Waals surface area (Å²) in [5, 5.41) is 1.05. The van der Waals surface area contributed by atoms with E-state index in [1.165, 1.54) is 18.5 Å². The topological polar surface area (TPSA) is 25.4 Å². The fraction of sp³-hybridized carbons (Fsp3) is 0.476. The predicted molar refractivity (Wildman–Crippen MR) is 106 cm³/mol. The highest BCUT2D eigenvalue weighted by Crippen LogP contribution is 2.26. The molecular formula is C21H28N2OS. The smallest absolute Gasteiger partial charge is 0.124 e. The largest absolute Gasteiger partial charge is 0.488 e. The Morgan fingerprint density at radius 3 is 2.32 bits per heavy atom. The number of rotatable bonds is 6. The van der Waals surface area contributed by atoms with Gasteiger partial charge in [-0.1, -0.05) is 39.0 Å². The Labute approximate surface area is 155 Å². The fourth-order valence-electron chi connectivity index (χ4n) is 2.86. The summed E-state index contributed by atoms with van der Waals surface area (Å²) >= 11 is 1.66. The van der Waals surface area contributed by atoms with E-state index in [9.17, 15) is 0 Å². The van der Waals surface area contributed by atoms with Crippen molar-refractivity contribution in [3.05, 3.63) is 42.6 Å². The van der Waals surface area contributed by atoms with E-state index in [4.69, 9.17) is 4.74 Å². The van der Waals surface area contributed by atoms with Gasteiger partial charge in [-0.05, 0) is 48.4 Å². The van der Waals surface area contributed by atoms with E-state index in [2.05, 4.69) is 67.1 Å². The van der Waals surface area contributed by atoms with Gasteiger partial charge in [0.05, 0.1) is 5.03 Å². The molecule has 2 aromatic rings. The highest BCUT2D eigenvalue weighted by atomic mass is 32.2. The fourth-order valence-corrected chi connectivity index (χ4v) is 3.23. The summed E-state index contributed by atoms with van der Waals surface area (Å²) in [5.74, 6) is 0.956. The third kappa shape index (κ3) is 5.23. The first kappa shape index (κ1) is 18.3. The van der Waals surface area contributed by atoms with Crippen molar-refractivity contribution in [2.45, 2.75) is 38.3 Å². The van der Waals surface area contributed by atoms with Crippen molar-refractivity contribution < 1.29 is 4.74 Å². The number of likely N-dealkylation sites (tertiary alicyclic amines) is 1. The monoisotopic (exact) mass is 356 g/mol. The van der Waals surface area contributed by atoms with Crippen molar-refractivity contribution in [1.29, 1.82) is 0 Å². The summed E-state index contributed by atoms with van der Waals surface area (Å²) in [6.45, 7) is 10.1. The van der Waals surface area contributed by atoms with Crippen molar-refractivity contribution in [2.75, 3.05) is 25.9 Å². The van der Waals surface area contributed by atoms with Crippen LogP contribution in [0.5, 0.6) is 5.75 Å². The van der Waals surface area contributed by atoms with E-state index in [1.54, 1.807) is 11.8 Å². The van der Waals surface area contributed by atoms with Crippen LogP contribution in [0, 0.1) is 5.41 Å². The van der Waals surface area contributed by atoms with Gasteiger partial charge in [-0.3, -0.25) is 4.90 Å². The maximum absolute atomic E-state index is 6.08. The van der Waals surface area contributed by atoms with Gasteiger partial charge in [0.15, 0.2) is 0 Å². The maximum Gasteiger partial charge on any atom is 0.124 e. The minimum absolute atomic E-state index is 0.327. The molecule has 134 valence electrons. The highest BCUT2D eigenvalue weighted by molar-refractivity contribution is 7.98. The quantitative estimate of drug-likeness (QED) is 0.682. The molecule has 4 heteroatoms. The molecule has 1 aliphatic heterocycles. The molecule has 1 aromatic carbocycles. The van der Waals surface area contributed by atoms with E-state index in [0.717, 1.165) is 29.4 Å². The van der Waals surface area contributed by atoms with Gasteiger partial charge in [-0.2, -0.15) is 0 Å². The van der Waals surface area contributed by atoms with Crippen molar-refractivity contribution in [2.24, 2.45) is 5.41 Å². The van der Waals surface area contributed by atoms with Crippen molar-refractivity contribution in [3.8, 4) is 16.9 Å². The van der Waals surface area contributed by atoms with Crippen molar-refractivity contribution >= 4 is 11.8 Å². The molecule has 0 amide bonds. The lowest BCUT2D eigenvalue weighted by Gasteiger charge is -2.40. The van der Waals surface area contributed by atoms with Crippen LogP contribution in [0.1, 0.15) is 27.2 Å². The number of hydrogen-bond donors (Lipinski definition) is 0. The number of aromatic nitrogens is 1. The Morgan fingerprint density at radius 2 is 1.76 bits per heavy atom. The summed E-state index contributed by atoms with van der Waals surface area (Å²) in [6.07, 6.45) is 5.53. The molecule has 25 heavy (non-hydrogen) atoms. The van der Waals surface area contributed by atoms with Crippen LogP contribution in [-0.4, -0.2) is 41.9 Å². The normalized spacial score (nSPS) is 15.8. The van der Waals surface area contributed by atoms with Gasteiger partial charge >= 0.3 is 0 Å². The van der Waals surface area contributed by atoms with Crippen LogP contribution in [0.3, 0.4) is 0 Å². The zero-order chi connectivity index (χ0) is 17.9. The molecule has 0 unspecified atom stereocenters. The van der Waals surface area contributed by atoms with E-state index in [0.29, 0.717) is 11.5 Å². The predicted octanol–water partition coefficient (Wildman–Crippen LogP) is 4.97. The molecule has 0 bridgehead atoms. The van der Waals surface area contributed by atoms with E-state index >= 15 is 0 Å². The van der Waals surface area contributed by atoms with Gasteiger partial charge in [0, 0.05) is 24.8 Å². The Hall–Kier alpha value is -1.52. The molecule has 2 heterocycles. The Bertz CT molecular complexity index is 671. The van der Waals surface area contributed by atoms with Crippen LogP contribution in [0.4, 0.5) is 0 Å². The lowest BCUT2D eigenvalue weighted by atomic mass is 9.91. The van der Waals surface area contributed by atoms with E-state index in [1.807, 2.05) is 12.5 Å². The van der Waals surface area contributed by atoms with Gasteiger partial charge in [-0.25, -0.2) is 4.98 Å². The number of nitrogens with zero attached hydrogens (tertiary/aromatic N) is 2. The highest BCUT2D eigenvalue weighted by Gasteiger charge is 2.28. The second-order valence-corrected chi connectivity index (χ2v) is 8.75. The van der Waals surface area contributed by atoms with Gasteiger partial charge in [0.25, 0.3) is 0 Å². The number of thioether (sulfide) groups is 1. The zero-order valence-corrected chi connectivity index (χ0v) is 16.5. The van der Waals surface area contributed by atoms with Crippen molar-refractivity contribution in [1.82, 2.24) is 9.88 Å². The SMILES string of the molecule is CSc1ccc(-c2ccc(OC3CN(CCC(C)(C)C)C3)cc2)cn1. The third-order valence-corrected chi connectivity index (χ3v) is 5.20. The Balaban J connectivity index is 1.49. The zero-order valence-electron chi connectivity index (χ0n) is 15.7. The number of benzene rings is 1. The maximum atomic E-state index is 6.08. The van der Waals surface area contributed by atoms with Crippen LogP contribution in [0.15, 0.2) is 47.6 Å². The standard InChI is InChI=1S/C21H28N2OS/c1-21(2,3)11-12-23-14-19(15-23)24-18-8-5-16(6-9-18)17-7-10-20(25-4)22-13-17/h5-10,13,19H,11-12,14-15H2,1-4H3. The molecule has 1 saturated heterocycles. The lowest BCUT2D eigenvalue weighted by Crippen LogP contribution is -2.54. The second-order valence-electron chi connectivity index (χ2n) is 7.92. The first-order valence-electron chi connectivity index (χ1n) is 8.92. The van der Waals surface area contributed by atoms with Gasteiger partial charge < -0.3 is 4.74 Å².